The van der Waals surface area contributed by atoms with Crippen LogP contribution < -0.4 is 0 Å². The first kappa shape index (κ1) is 13.1. The zero-order valence-electron chi connectivity index (χ0n) is 11.5. The van der Waals surface area contributed by atoms with E-state index in [9.17, 15) is 4.79 Å². The second-order valence-electron chi connectivity index (χ2n) is 7.02. The molecule has 1 aliphatic heterocycles. The quantitative estimate of drug-likeness (QED) is 0.702. The molecule has 0 aromatic rings. The Labute approximate surface area is 106 Å². The molecule has 2 fully saturated rings. The highest BCUT2D eigenvalue weighted by Gasteiger charge is 2.36. The van der Waals surface area contributed by atoms with Gasteiger partial charge in [-0.3, -0.25) is 0 Å². The zero-order valence-corrected chi connectivity index (χ0v) is 11.5. The number of likely N-dealkylation sites (tertiary alicyclic amines) is 1. The summed E-state index contributed by atoms with van der Waals surface area (Å²) in [5.74, 6) is 0. The molecule has 1 saturated carbocycles. The molecule has 98 valence electrons. The van der Waals surface area contributed by atoms with Crippen molar-refractivity contribution in [1.82, 2.24) is 4.90 Å². The van der Waals surface area contributed by atoms with Crippen LogP contribution in [0.15, 0.2) is 0 Å². The third-order valence-electron chi connectivity index (χ3n) is 4.62. The van der Waals surface area contributed by atoms with E-state index in [2.05, 4.69) is 18.7 Å². The van der Waals surface area contributed by atoms with Gasteiger partial charge in [-0.15, -0.1) is 0 Å². The summed E-state index contributed by atoms with van der Waals surface area (Å²) in [6, 6.07) is 0. The highest BCUT2D eigenvalue weighted by Crippen LogP contribution is 2.37. The molecular formula is C15H27NO. The molecule has 17 heavy (non-hydrogen) atoms. The van der Waals surface area contributed by atoms with Crippen LogP contribution in [0.3, 0.4) is 0 Å². The van der Waals surface area contributed by atoms with E-state index >= 15 is 0 Å². The molecule has 0 aromatic carbocycles. The first-order valence-electron chi connectivity index (χ1n) is 7.24. The normalized spacial score (nSPS) is 28.8. The van der Waals surface area contributed by atoms with Crippen LogP contribution in [0.25, 0.3) is 0 Å². The average Bonchev–Trinajstić information content (AvgIpc) is 2.29. The van der Waals surface area contributed by atoms with Gasteiger partial charge in [0.25, 0.3) is 0 Å². The Morgan fingerprint density at radius 1 is 1.06 bits per heavy atom. The first-order valence-corrected chi connectivity index (χ1v) is 7.24. The van der Waals surface area contributed by atoms with Crippen molar-refractivity contribution in [2.24, 2.45) is 10.8 Å². The van der Waals surface area contributed by atoms with E-state index in [4.69, 9.17) is 0 Å². The Kier molecular flexibility index (Phi) is 3.92. The van der Waals surface area contributed by atoms with Gasteiger partial charge in [0.2, 0.25) is 0 Å². The number of nitrogens with zero attached hydrogens (tertiary/aromatic N) is 1. The van der Waals surface area contributed by atoms with Crippen LogP contribution in [-0.2, 0) is 4.79 Å². The van der Waals surface area contributed by atoms with Gasteiger partial charge in [0.05, 0.1) is 0 Å². The molecular weight excluding hydrogens is 210 g/mol. The zero-order chi connectivity index (χ0) is 12.4. The molecule has 0 aromatic heterocycles. The number of carbonyl (C=O) groups excluding carboxylic acids is 1. The second-order valence-corrected chi connectivity index (χ2v) is 7.02. The maximum atomic E-state index is 11.5. The van der Waals surface area contributed by atoms with E-state index < -0.39 is 0 Å². The lowest BCUT2D eigenvalue weighted by molar-refractivity contribution is -0.119. The molecule has 1 saturated heterocycles. The molecule has 0 amide bonds. The minimum atomic E-state index is -0.00826. The predicted octanol–water partition coefficient (Wildman–Crippen LogP) is 3.26. The van der Waals surface area contributed by atoms with Gasteiger partial charge < -0.3 is 9.69 Å². The van der Waals surface area contributed by atoms with Gasteiger partial charge in [-0.05, 0) is 37.6 Å². The minimum absolute atomic E-state index is 0.00826. The molecule has 0 bridgehead atoms. The molecule has 0 radical (unpaired) electrons. The van der Waals surface area contributed by atoms with E-state index in [1.165, 1.54) is 51.5 Å². The number of hydrogen-bond acceptors (Lipinski definition) is 2. The largest absolute Gasteiger partial charge is 0.303 e. The standard InChI is InChI=1S/C15H27NO/c1-14(2)7-6-10-16(11-14)12-15(13-17)8-4-3-5-9-15/h13H,3-12H2,1-2H3. The molecule has 0 spiro atoms. The van der Waals surface area contributed by atoms with Crippen LogP contribution in [0.5, 0.6) is 0 Å². The highest BCUT2D eigenvalue weighted by atomic mass is 16.1. The van der Waals surface area contributed by atoms with Gasteiger partial charge in [0, 0.05) is 18.5 Å². The van der Waals surface area contributed by atoms with Crippen molar-refractivity contribution < 1.29 is 4.79 Å². The summed E-state index contributed by atoms with van der Waals surface area (Å²) in [6.45, 7) is 8.09. The summed E-state index contributed by atoms with van der Waals surface area (Å²) in [6.07, 6.45) is 9.95. The van der Waals surface area contributed by atoms with Crippen LogP contribution in [-0.4, -0.2) is 30.8 Å². The Balaban J connectivity index is 1.96. The van der Waals surface area contributed by atoms with Crippen LogP contribution >= 0.6 is 0 Å². The maximum absolute atomic E-state index is 11.5. The fourth-order valence-electron chi connectivity index (χ4n) is 3.69. The van der Waals surface area contributed by atoms with Gasteiger partial charge in [0.1, 0.15) is 6.29 Å². The summed E-state index contributed by atoms with van der Waals surface area (Å²) < 4.78 is 0. The number of rotatable bonds is 3. The van der Waals surface area contributed by atoms with Crippen LogP contribution in [0.1, 0.15) is 58.8 Å². The molecule has 1 aliphatic carbocycles. The molecule has 0 N–H and O–H groups in total. The molecule has 0 atom stereocenters. The second kappa shape index (κ2) is 5.09. The fraction of sp³-hybridized carbons (Fsp3) is 0.933. The van der Waals surface area contributed by atoms with Crippen LogP contribution in [0, 0.1) is 10.8 Å². The first-order chi connectivity index (χ1) is 8.05. The number of carbonyl (C=O) groups is 1. The van der Waals surface area contributed by atoms with Gasteiger partial charge in [0.15, 0.2) is 0 Å². The predicted molar refractivity (Wildman–Crippen MR) is 71.0 cm³/mol. The highest BCUT2D eigenvalue weighted by molar-refractivity contribution is 5.60. The van der Waals surface area contributed by atoms with Crippen LogP contribution in [0.2, 0.25) is 0 Å². The molecule has 2 nitrogen and oxygen atoms in total. The topological polar surface area (TPSA) is 20.3 Å². The van der Waals surface area contributed by atoms with E-state index in [0.29, 0.717) is 5.41 Å². The van der Waals surface area contributed by atoms with Crippen molar-refractivity contribution in [1.29, 1.82) is 0 Å². The Hall–Kier alpha value is -0.370. The summed E-state index contributed by atoms with van der Waals surface area (Å²) >= 11 is 0. The SMILES string of the molecule is CC1(C)CCCN(CC2(C=O)CCCCC2)C1. The molecule has 2 aliphatic rings. The Morgan fingerprint density at radius 3 is 2.35 bits per heavy atom. The summed E-state index contributed by atoms with van der Waals surface area (Å²) in [5.41, 5.74) is 0.433. The third kappa shape index (κ3) is 3.31. The molecule has 2 rings (SSSR count). The van der Waals surface area contributed by atoms with Crippen molar-refractivity contribution in [3.63, 3.8) is 0 Å². The smallest absolute Gasteiger partial charge is 0.127 e. The monoisotopic (exact) mass is 237 g/mol. The van der Waals surface area contributed by atoms with Gasteiger partial charge in [-0.25, -0.2) is 0 Å². The van der Waals surface area contributed by atoms with E-state index in [1.807, 2.05) is 0 Å². The molecule has 0 unspecified atom stereocenters. The lowest BCUT2D eigenvalue weighted by Gasteiger charge is -2.43. The average molecular weight is 237 g/mol. The minimum Gasteiger partial charge on any atom is -0.303 e. The number of aldehydes is 1. The lowest BCUT2D eigenvalue weighted by Crippen LogP contribution is -2.47. The fourth-order valence-corrected chi connectivity index (χ4v) is 3.69. The molecule has 2 heteroatoms. The van der Waals surface area contributed by atoms with Gasteiger partial charge >= 0.3 is 0 Å². The maximum Gasteiger partial charge on any atom is 0.127 e. The Bertz CT molecular complexity index is 266. The number of piperidine rings is 1. The van der Waals surface area contributed by atoms with Gasteiger partial charge in [-0.2, -0.15) is 0 Å². The number of hydrogen-bond donors (Lipinski definition) is 0. The molecule has 1 heterocycles. The Morgan fingerprint density at radius 2 is 1.76 bits per heavy atom. The summed E-state index contributed by atoms with van der Waals surface area (Å²) in [5, 5.41) is 0. The van der Waals surface area contributed by atoms with Crippen molar-refractivity contribution in [2.45, 2.75) is 58.8 Å². The third-order valence-corrected chi connectivity index (χ3v) is 4.62. The van der Waals surface area contributed by atoms with Crippen molar-refractivity contribution in [3.8, 4) is 0 Å². The van der Waals surface area contributed by atoms with Crippen molar-refractivity contribution in [3.05, 3.63) is 0 Å². The van der Waals surface area contributed by atoms with Crippen molar-refractivity contribution in [2.75, 3.05) is 19.6 Å². The van der Waals surface area contributed by atoms with E-state index in [-0.39, 0.29) is 5.41 Å². The summed E-state index contributed by atoms with van der Waals surface area (Å²) in [4.78, 5) is 14.0. The van der Waals surface area contributed by atoms with Crippen molar-refractivity contribution >= 4 is 6.29 Å². The van der Waals surface area contributed by atoms with Crippen LogP contribution in [0.4, 0.5) is 0 Å². The van der Waals surface area contributed by atoms with Gasteiger partial charge in [-0.1, -0.05) is 33.1 Å². The van der Waals surface area contributed by atoms with E-state index in [0.717, 1.165) is 19.4 Å². The summed E-state index contributed by atoms with van der Waals surface area (Å²) in [7, 11) is 0. The lowest BCUT2D eigenvalue weighted by atomic mass is 9.74. The van der Waals surface area contributed by atoms with E-state index in [1.54, 1.807) is 0 Å².